The van der Waals surface area contributed by atoms with E-state index in [0.717, 1.165) is 60.5 Å². The van der Waals surface area contributed by atoms with Crippen LogP contribution in [-0.2, 0) is 43.0 Å². The van der Waals surface area contributed by atoms with Gasteiger partial charge in [-0.05, 0) is 159 Å². The van der Waals surface area contributed by atoms with E-state index in [9.17, 15) is 43.5 Å². The molecule has 6 aromatic carbocycles. The fourth-order valence-corrected chi connectivity index (χ4v) is 10.1. The summed E-state index contributed by atoms with van der Waals surface area (Å²) in [5, 5.41) is 24.8. The van der Waals surface area contributed by atoms with Crippen molar-refractivity contribution in [3.8, 4) is 22.3 Å². The number of hydrogen-bond acceptors (Lipinski definition) is 14. The van der Waals surface area contributed by atoms with Gasteiger partial charge in [0.05, 0.1) is 45.1 Å². The summed E-state index contributed by atoms with van der Waals surface area (Å²) < 4.78 is 15.9. The van der Waals surface area contributed by atoms with Crippen molar-refractivity contribution < 1.29 is 82.0 Å². The molecule has 95 heavy (non-hydrogen) atoms. The number of methoxy groups -OCH3 is 1. The second-order valence-electron chi connectivity index (χ2n) is 24.3. The smallest absolute Gasteiger partial charge is 0.870 e. The average Bonchev–Trinajstić information content (AvgIpc) is 0.817. The van der Waals surface area contributed by atoms with E-state index in [4.69, 9.17) is 14.2 Å². The van der Waals surface area contributed by atoms with E-state index >= 15 is 0 Å². The van der Waals surface area contributed by atoms with Gasteiger partial charge in [-0.1, -0.05) is 133 Å². The standard InChI is InChI=1S/C37H42N4O6.C36H40N4O6.Li.H2O/c1-25-19-20-38-32(22-25)41(36(45)47-37(2,3)4)21-9-14-33(42)39-24-34(43)40-31(23-35(44)46-5)28-17-15-27(16-18-28)30-13-8-11-26-10-6-7-12-29(26)30;1-24-18-19-37-31(21-24)40(35(45)46-36(2,3)4)20-8-13-32(41)38-23-33(42)39-30(22-34(43)44)27-16-14-26(15-17-27)29-12-7-10-25-9-5-6-11-28(25)29;;/h6-8,10-13,15-20,22,31H,9,14,21,23-24H2,1-5H3,(H,39,42)(H,40,43);5-7,9-12,14-19,21,30H,8,13,20,22-23H2,1-4H3,(H,38,41)(H,39,42)(H,43,44);;1H2/q;;+1;/p-1/t31-;30-;;/m00../s1. The van der Waals surface area contributed by atoms with Gasteiger partial charge in [-0.3, -0.25) is 38.6 Å². The van der Waals surface area contributed by atoms with E-state index in [1.165, 1.54) is 16.9 Å². The summed E-state index contributed by atoms with van der Waals surface area (Å²) in [6.07, 6.45) is 2.43. The van der Waals surface area contributed by atoms with Crippen LogP contribution in [0, 0.1) is 13.8 Å². The fraction of sp³-hybridized carbons (Fsp3) is 0.315. The molecule has 0 saturated heterocycles. The molecule has 2 aromatic heterocycles. The Morgan fingerprint density at radius 2 is 0.884 bits per heavy atom. The fourth-order valence-electron chi connectivity index (χ4n) is 10.1. The van der Waals surface area contributed by atoms with Crippen LogP contribution in [0.15, 0.2) is 170 Å². The molecule has 0 spiro atoms. The number of nitrogens with one attached hydrogen (secondary N) is 4. The Balaban J connectivity index is 0.000000337. The van der Waals surface area contributed by atoms with Crippen LogP contribution < -0.4 is 49.9 Å². The Morgan fingerprint density at radius 3 is 1.25 bits per heavy atom. The van der Waals surface area contributed by atoms with E-state index < -0.39 is 59.2 Å². The number of benzene rings is 6. The summed E-state index contributed by atoms with van der Waals surface area (Å²) in [4.78, 5) is 112. The number of ether oxygens (including phenoxy) is 3. The van der Waals surface area contributed by atoms with E-state index in [-0.39, 0.29) is 88.0 Å². The number of hydrogen-bond donors (Lipinski definition) is 5. The molecule has 21 nitrogen and oxygen atoms in total. The maximum atomic E-state index is 12.9. The van der Waals surface area contributed by atoms with Crippen molar-refractivity contribution >= 4 is 80.9 Å². The number of anilines is 2. The molecular formula is C73H83LiN8O13. The predicted molar refractivity (Wildman–Crippen MR) is 361 cm³/mol. The van der Waals surface area contributed by atoms with Gasteiger partial charge in [0.15, 0.2) is 0 Å². The molecule has 0 radical (unpaired) electrons. The number of nitrogens with zero attached hydrogens (tertiary/aromatic N) is 4. The zero-order valence-electron chi connectivity index (χ0n) is 55.6. The van der Waals surface area contributed by atoms with Crippen LogP contribution in [0.2, 0.25) is 0 Å². The number of carbonyl (C=O) groups is 8. The summed E-state index contributed by atoms with van der Waals surface area (Å²) in [6.45, 7) is 14.2. The number of carboxylic acid groups (broad SMARTS) is 1. The van der Waals surface area contributed by atoms with E-state index in [1.807, 2.05) is 129 Å². The Bertz CT molecular complexity index is 3920. The molecule has 8 aromatic rings. The monoisotopic (exact) mass is 1290 g/mol. The van der Waals surface area contributed by atoms with E-state index in [1.54, 1.807) is 66.1 Å². The van der Waals surface area contributed by atoms with Crippen LogP contribution in [0.25, 0.3) is 43.8 Å². The molecule has 2 atom stereocenters. The number of rotatable bonds is 24. The van der Waals surface area contributed by atoms with Gasteiger partial charge in [0, 0.05) is 38.3 Å². The summed E-state index contributed by atoms with van der Waals surface area (Å²) in [7, 11) is 1.30. The second-order valence-corrected chi connectivity index (χ2v) is 24.3. The maximum Gasteiger partial charge on any atom is 1.00 e. The minimum atomic E-state index is -1.06. The van der Waals surface area contributed by atoms with Crippen LogP contribution in [0.5, 0.6) is 0 Å². The zero-order chi connectivity index (χ0) is 67.2. The van der Waals surface area contributed by atoms with Gasteiger partial charge in [-0.15, -0.1) is 0 Å². The Labute approximate surface area is 566 Å². The van der Waals surface area contributed by atoms with Gasteiger partial charge in [0.25, 0.3) is 0 Å². The van der Waals surface area contributed by atoms with Crippen molar-refractivity contribution in [1.29, 1.82) is 0 Å². The van der Waals surface area contributed by atoms with Crippen LogP contribution in [0.3, 0.4) is 0 Å². The molecule has 0 aliphatic carbocycles. The zero-order valence-corrected chi connectivity index (χ0v) is 55.6. The third-order valence-electron chi connectivity index (χ3n) is 14.5. The van der Waals surface area contributed by atoms with Gasteiger partial charge in [-0.25, -0.2) is 19.6 Å². The number of pyridine rings is 2. The Kier molecular flexibility index (Phi) is 28.7. The number of fused-ring (bicyclic) bond motifs is 2. The van der Waals surface area contributed by atoms with Crippen LogP contribution in [-0.4, -0.2) is 113 Å². The minimum Gasteiger partial charge on any atom is -0.870 e. The third kappa shape index (κ3) is 23.8. The van der Waals surface area contributed by atoms with E-state index in [2.05, 4.69) is 61.6 Å². The number of aromatic nitrogens is 2. The summed E-state index contributed by atoms with van der Waals surface area (Å²) in [6, 6.07) is 49.3. The van der Waals surface area contributed by atoms with Crippen LogP contribution in [0.4, 0.5) is 21.2 Å². The first-order chi connectivity index (χ1) is 44.3. The van der Waals surface area contributed by atoms with Gasteiger partial charge in [-0.2, -0.15) is 0 Å². The molecule has 0 aliphatic heterocycles. The molecule has 0 saturated carbocycles. The summed E-state index contributed by atoms with van der Waals surface area (Å²) in [5.74, 6) is -2.40. The summed E-state index contributed by atoms with van der Waals surface area (Å²) >= 11 is 0. The molecule has 0 unspecified atom stereocenters. The topological polar surface area (TPSA) is 295 Å². The number of aryl methyl sites for hydroxylation is 2. The number of aliphatic carboxylic acids is 1. The number of carbonyl (C=O) groups excluding carboxylic acids is 7. The van der Waals surface area contributed by atoms with Crippen molar-refractivity contribution in [2.75, 3.05) is 43.1 Å². The first-order valence-electron chi connectivity index (χ1n) is 30.8. The molecule has 0 bridgehead atoms. The largest absolute Gasteiger partial charge is 1.00 e. The maximum absolute atomic E-state index is 12.9. The van der Waals surface area contributed by atoms with Gasteiger partial charge < -0.3 is 46.1 Å². The predicted octanol–water partition coefficient (Wildman–Crippen LogP) is 9.28. The number of amides is 6. The van der Waals surface area contributed by atoms with Crippen molar-refractivity contribution in [3.63, 3.8) is 0 Å². The summed E-state index contributed by atoms with van der Waals surface area (Å²) in [5.41, 5.74) is 5.91. The van der Waals surface area contributed by atoms with Crippen LogP contribution in [0.1, 0.15) is 114 Å². The minimum absolute atomic E-state index is 0. The first-order valence-corrected chi connectivity index (χ1v) is 30.8. The average molecular weight is 1290 g/mol. The van der Waals surface area contributed by atoms with Crippen molar-refractivity contribution in [2.24, 2.45) is 0 Å². The number of carboxylic acids is 1. The molecule has 0 fully saturated rings. The second kappa shape index (κ2) is 35.9. The normalized spacial score (nSPS) is 11.5. The van der Waals surface area contributed by atoms with E-state index in [0.29, 0.717) is 30.0 Å². The molecule has 494 valence electrons. The Hall–Kier alpha value is -9.94. The molecule has 8 rings (SSSR count). The third-order valence-corrected chi connectivity index (χ3v) is 14.5. The molecule has 6 amide bonds. The van der Waals surface area contributed by atoms with Gasteiger partial charge in [0.2, 0.25) is 23.6 Å². The number of esters is 1. The molecular weight excluding hydrogens is 1200 g/mol. The van der Waals surface area contributed by atoms with Gasteiger partial charge >= 0.3 is 43.0 Å². The van der Waals surface area contributed by atoms with Gasteiger partial charge in [0.1, 0.15) is 22.8 Å². The Morgan fingerprint density at radius 1 is 0.505 bits per heavy atom. The SMILES string of the molecule is COC(=O)C[C@H](NC(=O)CNC(=O)CCCN(C(=O)OC(C)(C)C)c1cc(C)ccn1)c1ccc(-c2cccc3ccccc23)cc1.Cc1ccnc(N(CCCC(=O)NCC(=O)N[C@@H](CC(=O)O)c2ccc(-c3cccc4ccccc34)cc2)C(=O)OC(C)(C)C)c1.[Li+].[OH-]. The van der Waals surface area contributed by atoms with Crippen molar-refractivity contribution in [3.05, 3.63) is 192 Å². The molecule has 0 aliphatic rings. The first kappa shape index (κ1) is 75.8. The molecule has 2 heterocycles. The quantitative estimate of drug-likeness (QED) is 0.0214. The molecule has 6 N–H and O–H groups in total. The van der Waals surface area contributed by atoms with Crippen molar-refractivity contribution in [1.82, 2.24) is 31.2 Å². The van der Waals surface area contributed by atoms with Crippen LogP contribution >= 0.6 is 0 Å². The molecule has 22 heteroatoms. The van der Waals surface area contributed by atoms with Crippen molar-refractivity contribution in [2.45, 2.75) is 117 Å².